The molecule has 0 radical (unpaired) electrons. The summed E-state index contributed by atoms with van der Waals surface area (Å²) in [7, 11) is 0. The lowest BCUT2D eigenvalue weighted by Gasteiger charge is -2.10. The van der Waals surface area contributed by atoms with Crippen LogP contribution in [-0.4, -0.2) is 34.4 Å². The first-order valence-electron chi connectivity index (χ1n) is 6.01. The van der Waals surface area contributed by atoms with Crippen molar-refractivity contribution in [2.75, 3.05) is 18.5 Å². The van der Waals surface area contributed by atoms with E-state index in [2.05, 4.69) is 20.5 Å². The Morgan fingerprint density at radius 3 is 2.89 bits per heavy atom. The number of nitrogens with one attached hydrogen (secondary N) is 1. The molecule has 1 unspecified atom stereocenters. The fraction of sp³-hybridized carbons (Fsp3) is 0.308. The van der Waals surface area contributed by atoms with Crippen molar-refractivity contribution in [3.05, 3.63) is 36.5 Å². The summed E-state index contributed by atoms with van der Waals surface area (Å²) < 4.78 is 5.31. The molecule has 18 heavy (non-hydrogen) atoms. The average molecular weight is 242 g/mol. The summed E-state index contributed by atoms with van der Waals surface area (Å²) in [6, 6.07) is 10.2. The molecule has 0 amide bonds. The Bertz CT molecular complexity index is 511. The molecule has 3 rings (SSSR count). The second-order valence-corrected chi connectivity index (χ2v) is 4.24. The quantitative estimate of drug-likeness (QED) is 0.888. The van der Waals surface area contributed by atoms with Gasteiger partial charge in [-0.05, 0) is 6.42 Å². The van der Waals surface area contributed by atoms with Gasteiger partial charge in [0.15, 0.2) is 0 Å². The first-order chi connectivity index (χ1) is 8.92. The zero-order valence-electron chi connectivity index (χ0n) is 9.91. The standard InChI is InChI=1S/C13H14N4O/c1-2-4-10(5-3-1)12-8-14-17-13(16-12)15-11-6-7-18-9-11/h1-5,8,11H,6-7,9H2,(H,15,16,17). The van der Waals surface area contributed by atoms with Gasteiger partial charge in [-0.25, -0.2) is 4.98 Å². The smallest absolute Gasteiger partial charge is 0.243 e. The predicted molar refractivity (Wildman–Crippen MR) is 68.1 cm³/mol. The van der Waals surface area contributed by atoms with Crippen LogP contribution in [0.5, 0.6) is 0 Å². The predicted octanol–water partition coefficient (Wildman–Crippen LogP) is 1.74. The summed E-state index contributed by atoms with van der Waals surface area (Å²) in [6.45, 7) is 1.50. The van der Waals surface area contributed by atoms with E-state index in [9.17, 15) is 0 Å². The maximum atomic E-state index is 5.31. The lowest BCUT2D eigenvalue weighted by molar-refractivity contribution is 0.195. The zero-order valence-corrected chi connectivity index (χ0v) is 9.91. The number of rotatable bonds is 3. The monoisotopic (exact) mass is 242 g/mol. The topological polar surface area (TPSA) is 59.9 Å². The summed E-state index contributed by atoms with van der Waals surface area (Å²) in [5.74, 6) is 0.562. The van der Waals surface area contributed by atoms with Crippen LogP contribution in [0.2, 0.25) is 0 Å². The van der Waals surface area contributed by atoms with Gasteiger partial charge in [0, 0.05) is 12.2 Å². The molecule has 1 atom stereocenters. The molecule has 0 aliphatic carbocycles. The number of ether oxygens (including phenoxy) is 1. The van der Waals surface area contributed by atoms with Crippen molar-refractivity contribution in [3.8, 4) is 11.3 Å². The second-order valence-electron chi connectivity index (χ2n) is 4.24. The van der Waals surface area contributed by atoms with Gasteiger partial charge in [-0.2, -0.15) is 5.10 Å². The number of aromatic nitrogens is 3. The van der Waals surface area contributed by atoms with Gasteiger partial charge >= 0.3 is 0 Å². The van der Waals surface area contributed by atoms with Gasteiger partial charge in [0.2, 0.25) is 5.95 Å². The molecule has 0 bridgehead atoms. The molecule has 1 fully saturated rings. The van der Waals surface area contributed by atoms with Crippen LogP contribution in [0.3, 0.4) is 0 Å². The third-order valence-electron chi connectivity index (χ3n) is 2.89. The molecular weight excluding hydrogens is 228 g/mol. The van der Waals surface area contributed by atoms with E-state index in [1.165, 1.54) is 0 Å². The Labute approximate surface area is 105 Å². The lowest BCUT2D eigenvalue weighted by Crippen LogP contribution is -2.20. The zero-order chi connectivity index (χ0) is 12.2. The summed E-state index contributed by atoms with van der Waals surface area (Å²) in [5.41, 5.74) is 1.87. The van der Waals surface area contributed by atoms with Crippen molar-refractivity contribution in [3.63, 3.8) is 0 Å². The minimum absolute atomic E-state index is 0.290. The molecule has 5 nitrogen and oxygen atoms in total. The SMILES string of the molecule is c1ccc(-c2cnnc(NC3CCOC3)n2)cc1. The molecular formula is C13H14N4O. The molecule has 1 N–H and O–H groups in total. The highest BCUT2D eigenvalue weighted by molar-refractivity contribution is 5.58. The van der Waals surface area contributed by atoms with Crippen LogP contribution >= 0.6 is 0 Å². The fourth-order valence-corrected chi connectivity index (χ4v) is 1.94. The molecule has 1 aliphatic rings. The average Bonchev–Trinajstić information content (AvgIpc) is 2.93. The van der Waals surface area contributed by atoms with E-state index in [1.54, 1.807) is 6.20 Å². The first kappa shape index (κ1) is 11.1. The van der Waals surface area contributed by atoms with Gasteiger partial charge in [0.05, 0.1) is 24.5 Å². The van der Waals surface area contributed by atoms with Crippen molar-refractivity contribution >= 4 is 5.95 Å². The summed E-state index contributed by atoms with van der Waals surface area (Å²) in [4.78, 5) is 4.47. The Kier molecular flexibility index (Phi) is 3.14. The van der Waals surface area contributed by atoms with E-state index in [0.29, 0.717) is 12.6 Å². The normalized spacial score (nSPS) is 18.8. The summed E-state index contributed by atoms with van der Waals surface area (Å²) >= 11 is 0. The van der Waals surface area contributed by atoms with Gasteiger partial charge in [-0.3, -0.25) is 0 Å². The molecule has 1 saturated heterocycles. The maximum Gasteiger partial charge on any atom is 0.243 e. The van der Waals surface area contributed by atoms with Crippen molar-refractivity contribution in [2.45, 2.75) is 12.5 Å². The maximum absolute atomic E-state index is 5.31. The highest BCUT2D eigenvalue weighted by Gasteiger charge is 2.16. The van der Waals surface area contributed by atoms with Crippen LogP contribution in [-0.2, 0) is 4.74 Å². The van der Waals surface area contributed by atoms with E-state index in [-0.39, 0.29) is 6.04 Å². The van der Waals surface area contributed by atoms with Crippen molar-refractivity contribution in [1.29, 1.82) is 0 Å². The van der Waals surface area contributed by atoms with Crippen LogP contribution in [0, 0.1) is 0 Å². The Morgan fingerprint density at radius 1 is 1.22 bits per heavy atom. The van der Waals surface area contributed by atoms with E-state index >= 15 is 0 Å². The molecule has 92 valence electrons. The number of anilines is 1. The van der Waals surface area contributed by atoms with Gasteiger partial charge < -0.3 is 10.1 Å². The molecule has 1 aromatic heterocycles. The van der Waals surface area contributed by atoms with E-state index in [0.717, 1.165) is 24.3 Å². The third-order valence-corrected chi connectivity index (χ3v) is 2.89. The highest BCUT2D eigenvalue weighted by atomic mass is 16.5. The molecule has 2 aromatic rings. The van der Waals surface area contributed by atoms with E-state index in [1.807, 2.05) is 30.3 Å². The number of benzene rings is 1. The Balaban J connectivity index is 1.80. The van der Waals surface area contributed by atoms with E-state index < -0.39 is 0 Å². The largest absolute Gasteiger partial charge is 0.379 e. The van der Waals surface area contributed by atoms with Gasteiger partial charge in [0.25, 0.3) is 0 Å². The lowest BCUT2D eigenvalue weighted by atomic mass is 10.2. The number of nitrogens with zero attached hydrogens (tertiary/aromatic N) is 3. The van der Waals surface area contributed by atoms with Gasteiger partial charge in [-0.1, -0.05) is 30.3 Å². The van der Waals surface area contributed by atoms with Crippen LogP contribution < -0.4 is 5.32 Å². The highest BCUT2D eigenvalue weighted by Crippen LogP contribution is 2.16. The van der Waals surface area contributed by atoms with Gasteiger partial charge in [0.1, 0.15) is 0 Å². The fourth-order valence-electron chi connectivity index (χ4n) is 1.94. The number of hydrogen-bond donors (Lipinski definition) is 1. The Hall–Kier alpha value is -2.01. The van der Waals surface area contributed by atoms with Crippen LogP contribution in [0.15, 0.2) is 36.5 Å². The minimum atomic E-state index is 0.290. The molecule has 2 heterocycles. The molecule has 1 aromatic carbocycles. The summed E-state index contributed by atoms with van der Waals surface area (Å²) in [5, 5.41) is 11.2. The molecule has 1 aliphatic heterocycles. The van der Waals surface area contributed by atoms with Crippen molar-refractivity contribution in [2.24, 2.45) is 0 Å². The molecule has 5 heteroatoms. The van der Waals surface area contributed by atoms with Crippen LogP contribution in [0.25, 0.3) is 11.3 Å². The second kappa shape index (κ2) is 5.10. The number of hydrogen-bond acceptors (Lipinski definition) is 5. The Morgan fingerprint density at radius 2 is 2.11 bits per heavy atom. The van der Waals surface area contributed by atoms with Crippen molar-refractivity contribution < 1.29 is 4.74 Å². The first-order valence-corrected chi connectivity index (χ1v) is 6.01. The van der Waals surface area contributed by atoms with Crippen LogP contribution in [0.4, 0.5) is 5.95 Å². The van der Waals surface area contributed by atoms with Gasteiger partial charge in [-0.15, -0.1) is 5.10 Å². The molecule has 0 saturated carbocycles. The van der Waals surface area contributed by atoms with Crippen molar-refractivity contribution in [1.82, 2.24) is 15.2 Å². The minimum Gasteiger partial charge on any atom is -0.379 e. The third kappa shape index (κ3) is 2.46. The molecule has 0 spiro atoms. The summed E-state index contributed by atoms with van der Waals surface area (Å²) in [6.07, 6.45) is 2.66. The van der Waals surface area contributed by atoms with E-state index in [4.69, 9.17) is 4.74 Å². The van der Waals surface area contributed by atoms with Crippen LogP contribution in [0.1, 0.15) is 6.42 Å².